The third-order valence-electron chi connectivity index (χ3n) is 6.91. The van der Waals surface area contributed by atoms with Crippen LogP contribution in [0.1, 0.15) is 76.6 Å². The van der Waals surface area contributed by atoms with Crippen molar-refractivity contribution in [3.63, 3.8) is 0 Å². The summed E-state index contributed by atoms with van der Waals surface area (Å²) in [6.45, 7) is 7.37. The Balaban J connectivity index is 1.57. The molecule has 0 spiro atoms. The van der Waals surface area contributed by atoms with Crippen molar-refractivity contribution in [1.82, 2.24) is 14.9 Å². The Kier molecular flexibility index (Phi) is 6.66. The standard InChI is InChI=1S/C27H32F2N4O2/c1-17(2)33-23-15-24(30-16-21(23)7-10-25(33)35)31-18(3)20-5-8-22(9-6-20)26(32-19(4)34)11-13-27(28,29)14-12-26/h5-10,15-18H,11-14H2,1-4H3,(H,30,31)(H,32,34)/t18-/m0/s1. The summed E-state index contributed by atoms with van der Waals surface area (Å²) in [5.74, 6) is -2.26. The Bertz CT molecular complexity index is 1270. The van der Waals surface area contributed by atoms with Crippen LogP contribution in [0, 0.1) is 0 Å². The number of carbonyl (C=O) groups is 1. The molecule has 35 heavy (non-hydrogen) atoms. The van der Waals surface area contributed by atoms with Crippen molar-refractivity contribution >= 4 is 22.6 Å². The van der Waals surface area contributed by atoms with Crippen LogP contribution in [0.3, 0.4) is 0 Å². The first-order valence-corrected chi connectivity index (χ1v) is 12.0. The van der Waals surface area contributed by atoms with Crippen molar-refractivity contribution in [2.75, 3.05) is 5.32 Å². The number of hydrogen-bond donors (Lipinski definition) is 2. The molecular weight excluding hydrogens is 450 g/mol. The number of amides is 1. The summed E-state index contributed by atoms with van der Waals surface area (Å²) in [6, 6.07) is 12.9. The molecule has 0 bridgehead atoms. The molecule has 0 aliphatic heterocycles. The predicted molar refractivity (Wildman–Crippen MR) is 134 cm³/mol. The topological polar surface area (TPSA) is 76.0 Å². The van der Waals surface area contributed by atoms with Crippen LogP contribution in [-0.2, 0) is 10.3 Å². The lowest BCUT2D eigenvalue weighted by Crippen LogP contribution is -2.49. The number of fused-ring (bicyclic) bond motifs is 1. The van der Waals surface area contributed by atoms with Gasteiger partial charge >= 0.3 is 0 Å². The van der Waals surface area contributed by atoms with E-state index in [1.165, 1.54) is 6.92 Å². The number of halogens is 2. The lowest BCUT2D eigenvalue weighted by atomic mass is 9.75. The van der Waals surface area contributed by atoms with Gasteiger partial charge in [-0.05, 0) is 50.8 Å². The first-order chi connectivity index (χ1) is 16.5. The summed E-state index contributed by atoms with van der Waals surface area (Å²) in [5.41, 5.74) is 1.82. The summed E-state index contributed by atoms with van der Waals surface area (Å²) in [5, 5.41) is 7.23. The zero-order valence-electron chi connectivity index (χ0n) is 20.6. The second-order valence-corrected chi connectivity index (χ2v) is 9.87. The van der Waals surface area contributed by atoms with Gasteiger partial charge in [-0.1, -0.05) is 24.3 Å². The normalized spacial score (nSPS) is 17.8. The van der Waals surface area contributed by atoms with Crippen LogP contribution >= 0.6 is 0 Å². The molecule has 6 nitrogen and oxygen atoms in total. The summed E-state index contributed by atoms with van der Waals surface area (Å²) in [6.07, 6.45) is 1.66. The molecule has 186 valence electrons. The van der Waals surface area contributed by atoms with E-state index < -0.39 is 11.5 Å². The Morgan fingerprint density at radius 1 is 1.03 bits per heavy atom. The highest BCUT2D eigenvalue weighted by Crippen LogP contribution is 2.44. The van der Waals surface area contributed by atoms with Gasteiger partial charge in [-0.15, -0.1) is 0 Å². The average molecular weight is 483 g/mol. The van der Waals surface area contributed by atoms with E-state index in [1.54, 1.807) is 22.9 Å². The van der Waals surface area contributed by atoms with Crippen LogP contribution in [0.4, 0.5) is 14.6 Å². The number of pyridine rings is 2. The third kappa shape index (κ3) is 5.21. The number of rotatable bonds is 6. The quantitative estimate of drug-likeness (QED) is 0.473. The zero-order valence-corrected chi connectivity index (χ0v) is 20.6. The number of nitrogens with one attached hydrogen (secondary N) is 2. The van der Waals surface area contributed by atoms with Gasteiger partial charge in [0.1, 0.15) is 5.82 Å². The number of nitrogens with zero attached hydrogens (tertiary/aromatic N) is 2. The Labute approximate surface area is 203 Å². The number of benzene rings is 1. The van der Waals surface area contributed by atoms with E-state index in [-0.39, 0.29) is 49.2 Å². The van der Waals surface area contributed by atoms with Gasteiger partial charge in [0.25, 0.3) is 5.56 Å². The molecule has 0 unspecified atom stereocenters. The highest BCUT2D eigenvalue weighted by Gasteiger charge is 2.44. The van der Waals surface area contributed by atoms with E-state index in [1.807, 2.05) is 51.1 Å². The predicted octanol–water partition coefficient (Wildman–Crippen LogP) is 5.69. The van der Waals surface area contributed by atoms with Crippen molar-refractivity contribution in [2.45, 2.75) is 76.9 Å². The largest absolute Gasteiger partial charge is 0.363 e. The van der Waals surface area contributed by atoms with E-state index in [9.17, 15) is 18.4 Å². The van der Waals surface area contributed by atoms with Crippen LogP contribution in [0.15, 0.2) is 53.5 Å². The van der Waals surface area contributed by atoms with Gasteiger partial charge in [-0.3, -0.25) is 9.59 Å². The average Bonchev–Trinajstić information content (AvgIpc) is 2.80. The van der Waals surface area contributed by atoms with E-state index in [0.29, 0.717) is 5.82 Å². The second kappa shape index (κ2) is 9.40. The van der Waals surface area contributed by atoms with Crippen molar-refractivity contribution in [2.24, 2.45) is 0 Å². The second-order valence-electron chi connectivity index (χ2n) is 9.87. The maximum Gasteiger partial charge on any atom is 0.251 e. The molecule has 1 fully saturated rings. The number of carbonyl (C=O) groups excluding carboxylic acids is 1. The van der Waals surface area contributed by atoms with Gasteiger partial charge in [0.05, 0.1) is 11.1 Å². The molecule has 0 radical (unpaired) electrons. The minimum absolute atomic E-state index is 0.0158. The van der Waals surface area contributed by atoms with E-state index >= 15 is 0 Å². The molecule has 1 saturated carbocycles. The molecule has 1 aliphatic carbocycles. The summed E-state index contributed by atoms with van der Waals surface area (Å²) >= 11 is 0. The van der Waals surface area contributed by atoms with Crippen LogP contribution in [0.2, 0.25) is 0 Å². The molecule has 1 aromatic carbocycles. The highest BCUT2D eigenvalue weighted by atomic mass is 19.3. The molecule has 1 amide bonds. The lowest BCUT2D eigenvalue weighted by Gasteiger charge is -2.41. The molecule has 2 aromatic heterocycles. The van der Waals surface area contributed by atoms with Crippen LogP contribution in [0.5, 0.6) is 0 Å². The molecule has 1 atom stereocenters. The smallest absolute Gasteiger partial charge is 0.251 e. The van der Waals surface area contributed by atoms with Crippen LogP contribution in [0.25, 0.3) is 10.9 Å². The van der Waals surface area contributed by atoms with Gasteiger partial charge in [0.2, 0.25) is 11.8 Å². The Morgan fingerprint density at radius 3 is 2.29 bits per heavy atom. The third-order valence-corrected chi connectivity index (χ3v) is 6.91. The molecule has 2 heterocycles. The monoisotopic (exact) mass is 482 g/mol. The molecule has 1 aliphatic rings. The zero-order chi connectivity index (χ0) is 25.4. The SMILES string of the molecule is CC(=O)NC1(c2ccc([C@H](C)Nc3cc4c(ccc(=O)n4C(C)C)cn3)cc2)CCC(F)(F)CC1. The molecule has 3 aromatic rings. The molecule has 2 N–H and O–H groups in total. The molecule has 8 heteroatoms. The minimum atomic E-state index is -2.69. The molecule has 0 saturated heterocycles. The minimum Gasteiger partial charge on any atom is -0.363 e. The number of alkyl halides is 2. The molecule has 4 rings (SSSR count). The fourth-order valence-electron chi connectivity index (χ4n) is 5.03. The van der Waals surface area contributed by atoms with E-state index in [2.05, 4.69) is 15.6 Å². The van der Waals surface area contributed by atoms with Crippen molar-refractivity contribution in [3.8, 4) is 0 Å². The van der Waals surface area contributed by atoms with E-state index in [0.717, 1.165) is 22.0 Å². The van der Waals surface area contributed by atoms with Crippen LogP contribution < -0.4 is 16.2 Å². The van der Waals surface area contributed by atoms with Crippen molar-refractivity contribution in [3.05, 3.63) is 70.1 Å². The van der Waals surface area contributed by atoms with E-state index in [4.69, 9.17) is 0 Å². The van der Waals surface area contributed by atoms with Gasteiger partial charge < -0.3 is 15.2 Å². The Morgan fingerprint density at radius 2 is 1.69 bits per heavy atom. The van der Waals surface area contributed by atoms with Crippen molar-refractivity contribution in [1.29, 1.82) is 0 Å². The first kappa shape index (κ1) is 24.8. The van der Waals surface area contributed by atoms with Crippen LogP contribution in [-0.4, -0.2) is 21.4 Å². The number of hydrogen-bond acceptors (Lipinski definition) is 4. The maximum absolute atomic E-state index is 13.8. The van der Waals surface area contributed by atoms with Gasteiger partial charge in [-0.2, -0.15) is 0 Å². The van der Waals surface area contributed by atoms with Gasteiger partial charge in [0, 0.05) is 55.6 Å². The Hall–Kier alpha value is -3.29. The summed E-state index contributed by atoms with van der Waals surface area (Å²) in [7, 11) is 0. The number of aromatic nitrogens is 2. The molecular formula is C27H32F2N4O2. The van der Waals surface area contributed by atoms with Gasteiger partial charge in [-0.25, -0.2) is 13.8 Å². The fourth-order valence-corrected chi connectivity index (χ4v) is 5.03. The lowest BCUT2D eigenvalue weighted by molar-refractivity contribution is -0.123. The number of anilines is 1. The first-order valence-electron chi connectivity index (χ1n) is 12.0. The maximum atomic E-state index is 13.8. The summed E-state index contributed by atoms with van der Waals surface area (Å²) in [4.78, 5) is 28.8. The summed E-state index contributed by atoms with van der Waals surface area (Å²) < 4.78 is 29.4. The van der Waals surface area contributed by atoms with Crippen molar-refractivity contribution < 1.29 is 13.6 Å². The highest BCUT2D eigenvalue weighted by molar-refractivity contribution is 5.80. The van der Waals surface area contributed by atoms with Gasteiger partial charge in [0.15, 0.2) is 0 Å². The fraction of sp³-hybridized carbons (Fsp3) is 0.444.